The summed E-state index contributed by atoms with van der Waals surface area (Å²) in [4.78, 5) is 74.5. The van der Waals surface area contributed by atoms with Gasteiger partial charge in [0.2, 0.25) is 29.5 Å². The van der Waals surface area contributed by atoms with Gasteiger partial charge in [-0.3, -0.25) is 29.0 Å². The lowest BCUT2D eigenvalue weighted by Crippen LogP contribution is -2.62. The first kappa shape index (κ1) is 43.6. The molecular formula is C33H65N9O5. The molecule has 14 heteroatoms. The number of amides is 5. The van der Waals surface area contributed by atoms with Crippen molar-refractivity contribution in [2.45, 2.75) is 112 Å². The zero-order valence-corrected chi connectivity index (χ0v) is 31.1. The predicted octanol–water partition coefficient (Wildman–Crippen LogP) is 0.648. The zero-order chi connectivity index (χ0) is 36.8. The van der Waals surface area contributed by atoms with Crippen LogP contribution >= 0.6 is 0 Å². The second kappa shape index (κ2) is 20.7. The Morgan fingerprint density at radius 3 is 1.49 bits per heavy atom. The lowest BCUT2D eigenvalue weighted by atomic mass is 9.94. The molecule has 5 amide bonds. The van der Waals surface area contributed by atoms with E-state index in [2.05, 4.69) is 26.3 Å². The van der Waals surface area contributed by atoms with Crippen molar-refractivity contribution in [2.75, 3.05) is 34.2 Å². The van der Waals surface area contributed by atoms with Gasteiger partial charge in [-0.05, 0) is 49.5 Å². The maximum absolute atomic E-state index is 14.1. The zero-order valence-electron chi connectivity index (χ0n) is 31.1. The highest BCUT2D eigenvalue weighted by Gasteiger charge is 2.41. The Hall–Kier alpha value is -3.42. The fraction of sp³-hybridized carbons (Fsp3) is 0.818. The molecule has 0 aliphatic carbocycles. The van der Waals surface area contributed by atoms with Crippen molar-refractivity contribution in [3.8, 4) is 0 Å². The van der Waals surface area contributed by atoms with Gasteiger partial charge in [0.1, 0.15) is 24.2 Å². The Morgan fingerprint density at radius 2 is 1.06 bits per heavy atom. The van der Waals surface area contributed by atoms with Crippen LogP contribution in [0.1, 0.15) is 82.1 Å². The lowest BCUT2D eigenvalue weighted by Gasteiger charge is -2.39. The number of carbonyl (C=O) groups is 5. The largest absolute Gasteiger partial charge is 0.370 e. The molecule has 0 aliphatic rings. The SMILES string of the molecule is CN[C@H](C(=O)N[C@H](C(=O)N(C)[C@H](C(=O)N(C)[C@H](C(=O)N[C@H](C(=O)NCCCCN=C(N)N)C(C)C)C(C)C)C(C)C)C(C)C)C(C)C. The molecule has 14 nitrogen and oxygen atoms in total. The van der Waals surface area contributed by atoms with Gasteiger partial charge < -0.3 is 42.5 Å². The van der Waals surface area contributed by atoms with Crippen molar-refractivity contribution in [1.29, 1.82) is 0 Å². The molecule has 8 N–H and O–H groups in total. The third-order valence-electron chi connectivity index (χ3n) is 8.23. The molecule has 0 rings (SSSR count). The van der Waals surface area contributed by atoms with Gasteiger partial charge in [0.15, 0.2) is 5.96 Å². The number of guanidine groups is 1. The van der Waals surface area contributed by atoms with Crippen molar-refractivity contribution in [3.05, 3.63) is 0 Å². The maximum atomic E-state index is 14.1. The summed E-state index contributed by atoms with van der Waals surface area (Å²) < 4.78 is 0. The molecule has 0 bridgehead atoms. The highest BCUT2D eigenvalue weighted by atomic mass is 16.2. The summed E-state index contributed by atoms with van der Waals surface area (Å²) in [6.07, 6.45) is 1.34. The molecule has 0 aromatic carbocycles. The molecule has 0 saturated heterocycles. The van der Waals surface area contributed by atoms with E-state index in [-0.39, 0.29) is 47.4 Å². The smallest absolute Gasteiger partial charge is 0.246 e. The molecule has 272 valence electrons. The molecule has 0 radical (unpaired) electrons. The molecule has 0 fully saturated rings. The number of likely N-dealkylation sites (N-methyl/N-ethyl adjacent to an activating group) is 3. The van der Waals surface area contributed by atoms with E-state index in [1.54, 1.807) is 21.1 Å². The summed E-state index contributed by atoms with van der Waals surface area (Å²) in [7, 11) is 4.80. The monoisotopic (exact) mass is 668 g/mol. The summed E-state index contributed by atoms with van der Waals surface area (Å²) >= 11 is 0. The summed E-state index contributed by atoms with van der Waals surface area (Å²) in [5, 5.41) is 11.6. The summed E-state index contributed by atoms with van der Waals surface area (Å²) in [5.41, 5.74) is 10.7. The molecule has 5 atom stereocenters. The van der Waals surface area contributed by atoms with Crippen LogP contribution in [0.5, 0.6) is 0 Å². The molecule has 0 saturated carbocycles. The first-order valence-electron chi connectivity index (χ1n) is 16.8. The van der Waals surface area contributed by atoms with Crippen LogP contribution in [0.25, 0.3) is 0 Å². The molecule has 0 aromatic rings. The van der Waals surface area contributed by atoms with E-state index in [1.807, 2.05) is 69.2 Å². The van der Waals surface area contributed by atoms with E-state index < -0.39 is 47.9 Å². The van der Waals surface area contributed by atoms with E-state index in [0.717, 1.165) is 0 Å². The second-order valence-electron chi connectivity index (χ2n) is 14.1. The number of hydrogen-bond acceptors (Lipinski definition) is 7. The topological polar surface area (TPSA) is 204 Å². The van der Waals surface area contributed by atoms with Gasteiger partial charge in [0, 0.05) is 27.2 Å². The van der Waals surface area contributed by atoms with E-state index in [0.29, 0.717) is 25.9 Å². The minimum absolute atomic E-state index is 0.00161. The Labute approximate surface area is 283 Å². The first-order chi connectivity index (χ1) is 21.7. The standard InChI is InChI=1S/C33H65N9O5/c1-18(2)23(36-11)29(44)40-25(20(5)6)31(46)42(13)27(22(9)10)32(47)41(12)26(21(7)8)30(45)39-24(19(3)4)28(43)37-16-14-15-17-38-33(34)35/h18-27,36H,14-17H2,1-13H3,(H,37,43)(H,39,45)(H,40,44)(H4,34,35,38)/t23-,24-,25-,26-,27-/m0/s1. The number of rotatable bonds is 20. The second-order valence-corrected chi connectivity index (χ2v) is 14.1. The number of aliphatic imine (C=N–C) groups is 1. The summed E-state index contributed by atoms with van der Waals surface area (Å²) in [6, 6.07) is -3.99. The Morgan fingerprint density at radius 1 is 0.596 bits per heavy atom. The van der Waals surface area contributed by atoms with Crippen LogP contribution in [0, 0.1) is 29.6 Å². The maximum Gasteiger partial charge on any atom is 0.246 e. The van der Waals surface area contributed by atoms with E-state index in [4.69, 9.17) is 11.5 Å². The molecule has 0 heterocycles. The number of carbonyl (C=O) groups excluding carboxylic acids is 5. The van der Waals surface area contributed by atoms with Gasteiger partial charge >= 0.3 is 0 Å². The highest BCUT2D eigenvalue weighted by Crippen LogP contribution is 2.20. The minimum atomic E-state index is -0.913. The third-order valence-corrected chi connectivity index (χ3v) is 8.23. The van der Waals surface area contributed by atoms with E-state index in [1.165, 1.54) is 9.80 Å². The van der Waals surface area contributed by atoms with Crippen LogP contribution in [0.3, 0.4) is 0 Å². The van der Waals surface area contributed by atoms with Crippen molar-refractivity contribution < 1.29 is 24.0 Å². The van der Waals surface area contributed by atoms with Crippen molar-refractivity contribution in [3.63, 3.8) is 0 Å². The number of unbranched alkanes of at least 4 members (excludes halogenated alkanes) is 1. The highest BCUT2D eigenvalue weighted by molar-refractivity contribution is 5.96. The quantitative estimate of drug-likeness (QED) is 0.0616. The van der Waals surface area contributed by atoms with Crippen molar-refractivity contribution in [1.82, 2.24) is 31.1 Å². The van der Waals surface area contributed by atoms with Crippen molar-refractivity contribution in [2.24, 2.45) is 46.0 Å². The van der Waals surface area contributed by atoms with Crippen LogP contribution < -0.4 is 32.7 Å². The van der Waals surface area contributed by atoms with Crippen LogP contribution in [-0.4, -0.2) is 110 Å². The third kappa shape index (κ3) is 13.7. The Balaban J connectivity index is 5.97. The fourth-order valence-corrected chi connectivity index (χ4v) is 5.59. The molecule has 47 heavy (non-hydrogen) atoms. The normalized spacial score (nSPS) is 14.8. The summed E-state index contributed by atoms with van der Waals surface area (Å²) in [5.74, 6) is -2.94. The molecule has 0 aliphatic heterocycles. The lowest BCUT2D eigenvalue weighted by molar-refractivity contribution is -0.152. The van der Waals surface area contributed by atoms with Crippen LogP contribution in [0.2, 0.25) is 0 Å². The van der Waals surface area contributed by atoms with E-state index >= 15 is 0 Å². The van der Waals surface area contributed by atoms with Crippen LogP contribution in [-0.2, 0) is 24.0 Å². The predicted molar refractivity (Wildman–Crippen MR) is 187 cm³/mol. The average molecular weight is 668 g/mol. The molecular weight excluding hydrogens is 602 g/mol. The fourth-order valence-electron chi connectivity index (χ4n) is 5.59. The van der Waals surface area contributed by atoms with E-state index in [9.17, 15) is 24.0 Å². The van der Waals surface area contributed by atoms with Gasteiger partial charge in [-0.1, -0.05) is 69.2 Å². The molecule has 0 aromatic heterocycles. The average Bonchev–Trinajstić information content (AvgIpc) is 2.95. The summed E-state index contributed by atoms with van der Waals surface area (Å²) in [6.45, 7) is 19.3. The van der Waals surface area contributed by atoms with Gasteiger partial charge in [-0.15, -0.1) is 0 Å². The number of nitrogens with one attached hydrogen (secondary N) is 4. The number of nitrogens with zero attached hydrogens (tertiary/aromatic N) is 3. The molecule has 0 unspecified atom stereocenters. The van der Waals surface area contributed by atoms with Crippen LogP contribution in [0.15, 0.2) is 4.99 Å². The number of hydrogen-bond donors (Lipinski definition) is 6. The van der Waals surface area contributed by atoms with Gasteiger partial charge in [-0.25, -0.2) is 0 Å². The van der Waals surface area contributed by atoms with Gasteiger partial charge in [-0.2, -0.15) is 0 Å². The number of nitrogens with two attached hydrogens (primary N) is 2. The Kier molecular flexibility index (Phi) is 19.2. The van der Waals surface area contributed by atoms with Crippen molar-refractivity contribution >= 4 is 35.5 Å². The minimum Gasteiger partial charge on any atom is -0.370 e. The molecule has 0 spiro atoms. The Bertz CT molecular complexity index is 1060. The van der Waals surface area contributed by atoms with Gasteiger partial charge in [0.25, 0.3) is 0 Å². The van der Waals surface area contributed by atoms with Crippen LogP contribution in [0.4, 0.5) is 0 Å². The van der Waals surface area contributed by atoms with Gasteiger partial charge in [0.05, 0.1) is 6.04 Å². The first-order valence-corrected chi connectivity index (χ1v) is 16.8.